The molecular weight excluding hydrogens is 406 g/mol. The van der Waals surface area contributed by atoms with Gasteiger partial charge in [-0.15, -0.1) is 11.3 Å². The fourth-order valence-corrected chi connectivity index (χ4v) is 4.08. The Balaban J connectivity index is 1.67. The molecule has 156 valence electrons. The zero-order valence-electron chi connectivity index (χ0n) is 16.5. The number of nitrogens with two attached hydrogens (primary N) is 1. The van der Waals surface area contributed by atoms with Gasteiger partial charge in [0, 0.05) is 25.1 Å². The summed E-state index contributed by atoms with van der Waals surface area (Å²) in [5.41, 5.74) is 7.42. The van der Waals surface area contributed by atoms with E-state index < -0.39 is 11.9 Å². The minimum atomic E-state index is -0.609. The van der Waals surface area contributed by atoms with E-state index in [2.05, 4.69) is 0 Å². The van der Waals surface area contributed by atoms with Crippen molar-refractivity contribution in [2.45, 2.75) is 32.9 Å². The van der Waals surface area contributed by atoms with Gasteiger partial charge in [-0.3, -0.25) is 4.79 Å². The van der Waals surface area contributed by atoms with Crippen molar-refractivity contribution >= 4 is 34.2 Å². The highest BCUT2D eigenvalue weighted by Crippen LogP contribution is 2.32. The van der Waals surface area contributed by atoms with Gasteiger partial charge in [0.1, 0.15) is 22.6 Å². The van der Waals surface area contributed by atoms with Crippen molar-refractivity contribution in [1.29, 1.82) is 5.26 Å². The van der Waals surface area contributed by atoms with Crippen LogP contribution < -0.4 is 5.73 Å². The van der Waals surface area contributed by atoms with Crippen molar-refractivity contribution in [2.75, 3.05) is 18.9 Å². The summed E-state index contributed by atoms with van der Waals surface area (Å²) in [5.74, 6) is -1.07. The van der Waals surface area contributed by atoms with E-state index in [9.17, 15) is 19.6 Å². The number of anilines is 1. The molecule has 1 saturated heterocycles. The summed E-state index contributed by atoms with van der Waals surface area (Å²) in [5, 5.41) is 9.50. The Hall–Kier alpha value is -3.38. The number of amides is 1. The van der Waals surface area contributed by atoms with E-state index in [0.29, 0.717) is 18.5 Å². The molecule has 30 heavy (non-hydrogen) atoms. The lowest BCUT2D eigenvalue weighted by Gasteiger charge is -2.15. The second-order valence-electron chi connectivity index (χ2n) is 6.67. The maximum atomic E-state index is 12.4. The van der Waals surface area contributed by atoms with Crippen LogP contribution in [0.5, 0.6) is 0 Å². The van der Waals surface area contributed by atoms with Gasteiger partial charge in [0.25, 0.3) is 0 Å². The highest BCUT2D eigenvalue weighted by molar-refractivity contribution is 7.18. The number of thiophene rings is 1. The van der Waals surface area contributed by atoms with Crippen LogP contribution in [-0.4, -0.2) is 35.9 Å². The van der Waals surface area contributed by atoms with Crippen LogP contribution >= 0.6 is 11.3 Å². The monoisotopic (exact) mass is 427 g/mol. The lowest BCUT2D eigenvalue weighted by Crippen LogP contribution is -2.23. The molecular formula is C21H21N3O5S. The molecule has 1 aliphatic heterocycles. The first-order valence-electron chi connectivity index (χ1n) is 9.46. The lowest BCUT2D eigenvalue weighted by molar-refractivity contribution is -0.128. The fourth-order valence-electron chi connectivity index (χ4n) is 3.17. The molecule has 1 aromatic carbocycles. The quantitative estimate of drug-likeness (QED) is 0.674. The molecule has 3 rings (SSSR count). The number of nitrogens with zero attached hydrogens (tertiary/aromatic N) is 2. The van der Waals surface area contributed by atoms with Gasteiger partial charge < -0.3 is 20.1 Å². The van der Waals surface area contributed by atoms with Crippen LogP contribution in [0.15, 0.2) is 24.3 Å². The number of ether oxygens (including phenoxy) is 2. The first-order chi connectivity index (χ1) is 14.4. The predicted octanol–water partition coefficient (Wildman–Crippen LogP) is 2.86. The van der Waals surface area contributed by atoms with Crippen LogP contribution in [0, 0.1) is 11.3 Å². The molecule has 8 nitrogen and oxygen atoms in total. The number of carbonyl (C=O) groups is 3. The van der Waals surface area contributed by atoms with E-state index in [1.165, 1.54) is 0 Å². The molecule has 2 N–H and O–H groups in total. The van der Waals surface area contributed by atoms with Crippen molar-refractivity contribution in [3.8, 4) is 6.07 Å². The van der Waals surface area contributed by atoms with Gasteiger partial charge in [-0.1, -0.05) is 12.1 Å². The van der Waals surface area contributed by atoms with Crippen LogP contribution in [0.2, 0.25) is 0 Å². The smallest absolute Gasteiger partial charge is 0.348 e. The van der Waals surface area contributed by atoms with Crippen LogP contribution in [0.3, 0.4) is 0 Å². The molecule has 0 unspecified atom stereocenters. The zero-order chi connectivity index (χ0) is 21.7. The van der Waals surface area contributed by atoms with E-state index in [4.69, 9.17) is 15.2 Å². The number of hydrogen-bond donors (Lipinski definition) is 1. The van der Waals surface area contributed by atoms with Crippen LogP contribution in [0.25, 0.3) is 0 Å². The van der Waals surface area contributed by atoms with Gasteiger partial charge in [0.05, 0.1) is 17.7 Å². The number of rotatable bonds is 7. The molecule has 0 radical (unpaired) electrons. The maximum Gasteiger partial charge on any atom is 0.348 e. The zero-order valence-corrected chi connectivity index (χ0v) is 17.3. The summed E-state index contributed by atoms with van der Waals surface area (Å²) in [6.07, 6.45) is 1.45. The van der Waals surface area contributed by atoms with Gasteiger partial charge in [-0.05, 0) is 31.0 Å². The Labute approximate surface area is 177 Å². The molecule has 1 fully saturated rings. The van der Waals surface area contributed by atoms with Crippen molar-refractivity contribution in [1.82, 2.24) is 4.90 Å². The van der Waals surface area contributed by atoms with E-state index >= 15 is 0 Å². The highest BCUT2D eigenvalue weighted by atomic mass is 32.1. The highest BCUT2D eigenvalue weighted by Gasteiger charge is 2.24. The third-order valence-corrected chi connectivity index (χ3v) is 5.73. The fraction of sp³-hybridized carbons (Fsp3) is 0.333. The number of benzene rings is 1. The average Bonchev–Trinajstić information content (AvgIpc) is 3.29. The summed E-state index contributed by atoms with van der Waals surface area (Å²) < 4.78 is 10.3. The summed E-state index contributed by atoms with van der Waals surface area (Å²) in [7, 11) is 0. The first-order valence-corrected chi connectivity index (χ1v) is 10.3. The lowest BCUT2D eigenvalue weighted by atomic mass is 10.1. The van der Waals surface area contributed by atoms with E-state index in [1.54, 1.807) is 36.1 Å². The Morgan fingerprint density at radius 1 is 1.23 bits per heavy atom. The molecule has 2 aromatic rings. The Morgan fingerprint density at radius 3 is 2.57 bits per heavy atom. The van der Waals surface area contributed by atoms with Gasteiger partial charge in [0.15, 0.2) is 0 Å². The van der Waals surface area contributed by atoms with Gasteiger partial charge in [-0.2, -0.15) is 5.26 Å². The number of nitriles is 1. The third kappa shape index (κ3) is 4.60. The topological polar surface area (TPSA) is 123 Å². The van der Waals surface area contributed by atoms with Crippen molar-refractivity contribution in [3.63, 3.8) is 0 Å². The molecule has 1 amide bonds. The second-order valence-corrected chi connectivity index (χ2v) is 7.73. The molecule has 2 heterocycles. The minimum Gasteiger partial charge on any atom is -0.462 e. The van der Waals surface area contributed by atoms with Crippen LogP contribution in [0.1, 0.15) is 56.5 Å². The Kier molecular flexibility index (Phi) is 6.69. The molecule has 1 aromatic heterocycles. The number of likely N-dealkylation sites (tertiary alicyclic amines) is 1. The number of esters is 2. The Bertz CT molecular complexity index is 1010. The molecule has 0 bridgehead atoms. The van der Waals surface area contributed by atoms with Gasteiger partial charge >= 0.3 is 11.9 Å². The number of hydrogen-bond acceptors (Lipinski definition) is 8. The summed E-state index contributed by atoms with van der Waals surface area (Å²) in [4.78, 5) is 38.2. The number of nitrogen functional groups attached to an aromatic ring is 1. The molecule has 0 spiro atoms. The SMILES string of the molecule is CCOC(=O)c1sc(N)c(C#N)c1COC(=O)c1ccc(CN2CCCC2=O)cc1. The van der Waals surface area contributed by atoms with Crippen molar-refractivity contribution < 1.29 is 23.9 Å². The van der Waals surface area contributed by atoms with E-state index in [0.717, 1.165) is 29.9 Å². The third-order valence-electron chi connectivity index (χ3n) is 4.69. The van der Waals surface area contributed by atoms with Crippen LogP contribution in [0.4, 0.5) is 5.00 Å². The van der Waals surface area contributed by atoms with Gasteiger partial charge in [0.2, 0.25) is 5.91 Å². The largest absolute Gasteiger partial charge is 0.462 e. The summed E-state index contributed by atoms with van der Waals surface area (Å²) in [6, 6.07) is 8.74. The first kappa shape index (κ1) is 21.3. The minimum absolute atomic E-state index is 0.112. The molecule has 9 heteroatoms. The van der Waals surface area contributed by atoms with E-state index in [1.807, 2.05) is 6.07 Å². The Morgan fingerprint density at radius 2 is 1.97 bits per heavy atom. The normalized spacial score (nSPS) is 13.2. The summed E-state index contributed by atoms with van der Waals surface area (Å²) >= 11 is 0.935. The maximum absolute atomic E-state index is 12.4. The van der Waals surface area contributed by atoms with Crippen molar-refractivity contribution in [2.24, 2.45) is 0 Å². The predicted molar refractivity (Wildman–Crippen MR) is 110 cm³/mol. The second kappa shape index (κ2) is 9.41. The molecule has 0 aliphatic carbocycles. The standard InChI is InChI=1S/C21H21N3O5S/c1-2-28-21(27)18-16(15(10-22)19(23)30-18)12-29-20(26)14-7-5-13(6-8-14)11-24-9-3-4-17(24)25/h5-8H,2-4,9,11-12,23H2,1H3. The molecule has 0 saturated carbocycles. The van der Waals surface area contributed by atoms with Gasteiger partial charge in [-0.25, -0.2) is 9.59 Å². The molecule has 0 atom stereocenters. The molecule has 1 aliphatic rings. The number of carbonyl (C=O) groups excluding carboxylic acids is 3. The summed E-state index contributed by atoms with van der Waals surface area (Å²) in [6.45, 7) is 2.83. The van der Waals surface area contributed by atoms with Crippen molar-refractivity contribution in [3.05, 3.63) is 51.4 Å². The van der Waals surface area contributed by atoms with Crippen LogP contribution in [-0.2, 0) is 27.4 Å². The van der Waals surface area contributed by atoms with E-state index in [-0.39, 0.29) is 40.1 Å². The average molecular weight is 427 g/mol.